The highest BCUT2D eigenvalue weighted by Gasteiger charge is 2.32. The first-order valence-corrected chi connectivity index (χ1v) is 10.9. The lowest BCUT2D eigenvalue weighted by atomic mass is 10.1. The Kier molecular flexibility index (Phi) is 5.95. The van der Waals surface area contributed by atoms with Gasteiger partial charge in [0, 0.05) is 18.0 Å². The molecule has 1 heterocycles. The second-order valence-corrected chi connectivity index (χ2v) is 8.69. The first-order valence-electron chi connectivity index (χ1n) is 10.0. The van der Waals surface area contributed by atoms with Crippen LogP contribution in [-0.2, 0) is 24.4 Å². The Hall–Kier alpha value is -2.66. The molecule has 1 fully saturated rings. The first-order chi connectivity index (χ1) is 14.1. The third kappa shape index (κ3) is 5.45. The van der Waals surface area contributed by atoms with Gasteiger partial charge in [-0.2, -0.15) is 0 Å². The molecule has 0 radical (unpaired) electrons. The van der Waals surface area contributed by atoms with E-state index in [2.05, 4.69) is 43.1 Å². The van der Waals surface area contributed by atoms with Crippen LogP contribution in [0.3, 0.4) is 0 Å². The van der Waals surface area contributed by atoms with Gasteiger partial charge in [-0.1, -0.05) is 47.5 Å². The van der Waals surface area contributed by atoms with Crippen LogP contribution in [0, 0.1) is 13.8 Å². The largest absolute Gasteiger partial charge is 0.486 e. The van der Waals surface area contributed by atoms with E-state index in [4.69, 9.17) is 4.74 Å². The minimum absolute atomic E-state index is 0.157. The van der Waals surface area contributed by atoms with Gasteiger partial charge in [0.2, 0.25) is 5.91 Å². The van der Waals surface area contributed by atoms with Crippen LogP contribution in [0.2, 0.25) is 0 Å². The Morgan fingerprint density at radius 2 is 1.72 bits per heavy atom. The van der Waals surface area contributed by atoms with Crippen LogP contribution in [0.5, 0.6) is 5.75 Å². The van der Waals surface area contributed by atoms with E-state index >= 15 is 0 Å². The summed E-state index contributed by atoms with van der Waals surface area (Å²) in [6.07, 6.45) is 2.55. The summed E-state index contributed by atoms with van der Waals surface area (Å²) >= 11 is 1.55. The van der Waals surface area contributed by atoms with Crippen LogP contribution in [0.4, 0.5) is 0 Å². The van der Waals surface area contributed by atoms with Crippen molar-refractivity contribution < 1.29 is 9.53 Å². The highest BCUT2D eigenvalue weighted by Crippen LogP contribution is 2.29. The Balaban J connectivity index is 1.34. The summed E-state index contributed by atoms with van der Waals surface area (Å²) in [5.41, 5.74) is 4.46. The van der Waals surface area contributed by atoms with Crippen molar-refractivity contribution in [3.05, 3.63) is 81.3 Å². The minimum Gasteiger partial charge on any atom is -0.486 e. The van der Waals surface area contributed by atoms with Gasteiger partial charge in [-0.3, -0.25) is 4.79 Å². The number of carbonyl (C=O) groups excluding carboxylic acids is 1. The van der Waals surface area contributed by atoms with E-state index in [-0.39, 0.29) is 5.91 Å². The van der Waals surface area contributed by atoms with Crippen molar-refractivity contribution >= 4 is 17.2 Å². The number of ether oxygens (including phenoxy) is 1. The zero-order valence-electron chi connectivity index (χ0n) is 16.9. The Morgan fingerprint density at radius 1 is 1.07 bits per heavy atom. The van der Waals surface area contributed by atoms with Crippen molar-refractivity contribution in [2.75, 3.05) is 0 Å². The number of rotatable bonds is 8. The SMILES string of the molecule is Cc1ccc(CN(C(=O)Cc2csc(COc3ccc(C)cc3)n2)C2CC2)cc1. The number of aryl methyl sites for hydroxylation is 2. The fraction of sp³-hybridized carbons (Fsp3) is 0.333. The molecule has 1 aromatic heterocycles. The fourth-order valence-electron chi connectivity index (χ4n) is 3.23. The number of amides is 1. The minimum atomic E-state index is 0.157. The third-order valence-electron chi connectivity index (χ3n) is 5.10. The van der Waals surface area contributed by atoms with Gasteiger partial charge in [0.1, 0.15) is 17.4 Å². The molecule has 0 saturated heterocycles. The number of thiazole rings is 1. The van der Waals surface area contributed by atoms with Crippen LogP contribution in [0.1, 0.15) is 40.2 Å². The van der Waals surface area contributed by atoms with Crippen LogP contribution in [-0.4, -0.2) is 21.8 Å². The van der Waals surface area contributed by atoms with Gasteiger partial charge in [0.25, 0.3) is 0 Å². The third-order valence-corrected chi connectivity index (χ3v) is 5.97. The standard InChI is InChI=1S/C24H26N2O2S/c1-17-3-7-19(8-4-17)14-26(21-9-10-21)24(27)13-20-16-29-23(25-20)15-28-22-11-5-18(2)6-12-22/h3-8,11-12,16,21H,9-10,13-15H2,1-2H3. The topological polar surface area (TPSA) is 42.4 Å². The molecule has 1 amide bonds. The van der Waals surface area contributed by atoms with E-state index in [0.29, 0.717) is 25.6 Å². The number of benzene rings is 2. The van der Waals surface area contributed by atoms with Crippen molar-refractivity contribution in [3.63, 3.8) is 0 Å². The average Bonchev–Trinajstić information content (AvgIpc) is 3.46. The van der Waals surface area contributed by atoms with Crippen LogP contribution >= 0.6 is 11.3 Å². The van der Waals surface area contributed by atoms with E-state index in [1.165, 1.54) is 16.7 Å². The average molecular weight is 407 g/mol. The molecule has 1 aliphatic rings. The molecule has 1 aliphatic carbocycles. The maximum Gasteiger partial charge on any atom is 0.229 e. The van der Waals surface area contributed by atoms with Crippen molar-refractivity contribution in [2.45, 2.75) is 52.3 Å². The summed E-state index contributed by atoms with van der Waals surface area (Å²) in [5.74, 6) is 0.991. The maximum atomic E-state index is 12.9. The van der Waals surface area contributed by atoms with Gasteiger partial charge in [-0.05, 0) is 44.4 Å². The van der Waals surface area contributed by atoms with Gasteiger partial charge in [-0.15, -0.1) is 11.3 Å². The van der Waals surface area contributed by atoms with E-state index in [1.54, 1.807) is 11.3 Å². The molecular weight excluding hydrogens is 380 g/mol. The zero-order chi connectivity index (χ0) is 20.2. The Labute approximate surface area is 176 Å². The van der Waals surface area contributed by atoms with Gasteiger partial charge in [0.05, 0.1) is 12.1 Å². The first kappa shape index (κ1) is 19.6. The lowest BCUT2D eigenvalue weighted by Crippen LogP contribution is -2.33. The highest BCUT2D eigenvalue weighted by molar-refractivity contribution is 7.09. The summed E-state index contributed by atoms with van der Waals surface area (Å²) in [6, 6.07) is 16.8. The summed E-state index contributed by atoms with van der Waals surface area (Å²) in [6.45, 7) is 5.24. The quantitative estimate of drug-likeness (QED) is 0.524. The van der Waals surface area contributed by atoms with Crippen molar-refractivity contribution in [1.82, 2.24) is 9.88 Å². The molecule has 0 unspecified atom stereocenters. The summed E-state index contributed by atoms with van der Waals surface area (Å²) < 4.78 is 5.80. The number of aromatic nitrogens is 1. The van der Waals surface area contributed by atoms with E-state index in [0.717, 1.165) is 29.3 Å². The Morgan fingerprint density at radius 3 is 2.38 bits per heavy atom. The molecule has 0 N–H and O–H groups in total. The van der Waals surface area contributed by atoms with Gasteiger partial charge >= 0.3 is 0 Å². The second kappa shape index (κ2) is 8.78. The van der Waals surface area contributed by atoms with Gasteiger partial charge in [0.15, 0.2) is 0 Å². The van der Waals surface area contributed by atoms with Crippen LogP contribution < -0.4 is 4.74 Å². The van der Waals surface area contributed by atoms with Crippen LogP contribution in [0.25, 0.3) is 0 Å². The van der Waals surface area contributed by atoms with E-state index in [9.17, 15) is 4.79 Å². The predicted molar refractivity (Wildman–Crippen MR) is 116 cm³/mol. The van der Waals surface area contributed by atoms with Gasteiger partial charge < -0.3 is 9.64 Å². The number of hydrogen-bond acceptors (Lipinski definition) is 4. The normalized spacial score (nSPS) is 13.3. The molecule has 150 valence electrons. The summed E-state index contributed by atoms with van der Waals surface area (Å²) in [4.78, 5) is 19.6. The smallest absolute Gasteiger partial charge is 0.229 e. The summed E-state index contributed by atoms with van der Waals surface area (Å²) in [7, 11) is 0. The lowest BCUT2D eigenvalue weighted by Gasteiger charge is -2.22. The molecule has 0 aliphatic heterocycles. The van der Waals surface area contributed by atoms with Crippen molar-refractivity contribution in [2.24, 2.45) is 0 Å². The monoisotopic (exact) mass is 406 g/mol. The molecule has 5 heteroatoms. The molecule has 0 atom stereocenters. The lowest BCUT2D eigenvalue weighted by molar-refractivity contribution is -0.131. The predicted octanol–water partition coefficient (Wildman–Crippen LogP) is 5.07. The fourth-order valence-corrected chi connectivity index (χ4v) is 3.93. The molecule has 0 bridgehead atoms. The zero-order valence-corrected chi connectivity index (χ0v) is 17.7. The summed E-state index contributed by atoms with van der Waals surface area (Å²) in [5, 5.41) is 2.87. The highest BCUT2D eigenvalue weighted by atomic mass is 32.1. The molecular formula is C24H26N2O2S. The van der Waals surface area contributed by atoms with Crippen molar-refractivity contribution in [3.8, 4) is 5.75 Å². The number of hydrogen-bond donors (Lipinski definition) is 0. The van der Waals surface area contributed by atoms with Crippen molar-refractivity contribution in [1.29, 1.82) is 0 Å². The van der Waals surface area contributed by atoms with Gasteiger partial charge in [-0.25, -0.2) is 4.98 Å². The molecule has 29 heavy (non-hydrogen) atoms. The molecule has 4 rings (SSSR count). The molecule has 3 aromatic rings. The number of nitrogens with zero attached hydrogens (tertiary/aromatic N) is 2. The maximum absolute atomic E-state index is 12.9. The molecule has 0 spiro atoms. The van der Waals surface area contributed by atoms with E-state index in [1.807, 2.05) is 34.5 Å². The Bertz CT molecular complexity index is 959. The molecule has 2 aromatic carbocycles. The van der Waals surface area contributed by atoms with E-state index < -0.39 is 0 Å². The second-order valence-electron chi connectivity index (χ2n) is 7.75. The molecule has 4 nitrogen and oxygen atoms in total. The van der Waals surface area contributed by atoms with Crippen LogP contribution in [0.15, 0.2) is 53.9 Å². The number of carbonyl (C=O) groups is 1. The molecule has 1 saturated carbocycles.